The highest BCUT2D eigenvalue weighted by Crippen LogP contribution is 2.34. The molecular weight excluding hydrogens is 182 g/mol. The second kappa shape index (κ2) is 4.63. The zero-order chi connectivity index (χ0) is 10.7. The van der Waals surface area contributed by atoms with E-state index in [-0.39, 0.29) is 0 Å². The van der Waals surface area contributed by atoms with Gasteiger partial charge in [-0.25, -0.2) is 0 Å². The minimum Gasteiger partial charge on any atom is -0.313 e. The predicted octanol–water partition coefficient (Wildman–Crippen LogP) is 2.88. The Hall–Kier alpha value is -1.08. The molecule has 0 aliphatic heterocycles. The van der Waals surface area contributed by atoms with E-state index < -0.39 is 0 Å². The Labute approximate surface area is 92.2 Å². The number of hydrogen-bond acceptors (Lipinski definition) is 1. The maximum absolute atomic E-state index is 3.76. The monoisotopic (exact) mass is 201 g/mol. The van der Waals surface area contributed by atoms with E-state index in [0.29, 0.717) is 6.04 Å². The molecule has 2 unspecified atom stereocenters. The highest BCUT2D eigenvalue weighted by molar-refractivity contribution is 5.40. The standard InChI is InChI=1S/C14H19N/c1-3-6-11(2)15-10-13-9-12-7-4-5-8-14(12)13/h3-5,7-8,11,13,15H,1,6,9-10H2,2H3. The van der Waals surface area contributed by atoms with Gasteiger partial charge in [-0.1, -0.05) is 30.3 Å². The van der Waals surface area contributed by atoms with Gasteiger partial charge in [0.15, 0.2) is 0 Å². The van der Waals surface area contributed by atoms with E-state index in [0.717, 1.165) is 18.9 Å². The average Bonchev–Trinajstić information content (AvgIpc) is 2.20. The molecule has 0 saturated carbocycles. The summed E-state index contributed by atoms with van der Waals surface area (Å²) < 4.78 is 0. The number of hydrogen-bond donors (Lipinski definition) is 1. The summed E-state index contributed by atoms with van der Waals surface area (Å²) in [4.78, 5) is 0. The van der Waals surface area contributed by atoms with Gasteiger partial charge in [0.05, 0.1) is 0 Å². The quantitative estimate of drug-likeness (QED) is 0.722. The molecule has 15 heavy (non-hydrogen) atoms. The third kappa shape index (κ3) is 2.29. The van der Waals surface area contributed by atoms with Crippen molar-refractivity contribution in [1.82, 2.24) is 5.32 Å². The van der Waals surface area contributed by atoms with Crippen LogP contribution in [-0.4, -0.2) is 12.6 Å². The molecule has 80 valence electrons. The van der Waals surface area contributed by atoms with Crippen LogP contribution in [0.3, 0.4) is 0 Å². The Bertz CT molecular complexity index is 343. The van der Waals surface area contributed by atoms with E-state index in [1.54, 1.807) is 0 Å². The summed E-state index contributed by atoms with van der Waals surface area (Å²) in [5, 5.41) is 3.56. The van der Waals surface area contributed by atoms with E-state index in [1.165, 1.54) is 17.5 Å². The van der Waals surface area contributed by atoms with Crippen LogP contribution in [0.1, 0.15) is 30.4 Å². The van der Waals surface area contributed by atoms with E-state index in [4.69, 9.17) is 0 Å². The molecule has 1 nitrogen and oxygen atoms in total. The van der Waals surface area contributed by atoms with E-state index in [9.17, 15) is 0 Å². The molecule has 2 rings (SSSR count). The fourth-order valence-electron chi connectivity index (χ4n) is 2.22. The van der Waals surface area contributed by atoms with Crippen molar-refractivity contribution < 1.29 is 0 Å². The molecule has 0 bridgehead atoms. The summed E-state index contributed by atoms with van der Waals surface area (Å²) in [6.07, 6.45) is 4.27. The summed E-state index contributed by atoms with van der Waals surface area (Å²) >= 11 is 0. The Morgan fingerprint density at radius 1 is 1.53 bits per heavy atom. The topological polar surface area (TPSA) is 12.0 Å². The lowest BCUT2D eigenvalue weighted by Crippen LogP contribution is -2.34. The predicted molar refractivity (Wildman–Crippen MR) is 65.2 cm³/mol. The lowest BCUT2D eigenvalue weighted by atomic mass is 9.77. The number of benzene rings is 1. The largest absolute Gasteiger partial charge is 0.313 e. The second-order valence-corrected chi connectivity index (χ2v) is 4.43. The molecule has 0 aromatic heterocycles. The van der Waals surface area contributed by atoms with Gasteiger partial charge in [-0.2, -0.15) is 0 Å². The van der Waals surface area contributed by atoms with E-state index in [2.05, 4.69) is 43.1 Å². The minimum absolute atomic E-state index is 0.551. The highest BCUT2D eigenvalue weighted by Gasteiger charge is 2.24. The molecule has 1 aromatic rings. The third-order valence-corrected chi connectivity index (χ3v) is 3.19. The first-order valence-corrected chi connectivity index (χ1v) is 5.73. The molecule has 1 aliphatic rings. The molecule has 0 radical (unpaired) electrons. The van der Waals surface area contributed by atoms with Gasteiger partial charge in [-0.15, -0.1) is 6.58 Å². The lowest BCUT2D eigenvalue weighted by molar-refractivity contribution is 0.481. The first-order chi connectivity index (χ1) is 7.31. The molecule has 0 saturated heterocycles. The Morgan fingerprint density at radius 3 is 3.07 bits per heavy atom. The Balaban J connectivity index is 1.82. The van der Waals surface area contributed by atoms with Crippen molar-refractivity contribution in [3.05, 3.63) is 48.0 Å². The van der Waals surface area contributed by atoms with Gasteiger partial charge in [-0.05, 0) is 30.9 Å². The van der Waals surface area contributed by atoms with Gasteiger partial charge in [-0.3, -0.25) is 0 Å². The van der Waals surface area contributed by atoms with Crippen LogP contribution in [0.5, 0.6) is 0 Å². The van der Waals surface area contributed by atoms with Crippen molar-refractivity contribution in [1.29, 1.82) is 0 Å². The fraction of sp³-hybridized carbons (Fsp3) is 0.429. The van der Waals surface area contributed by atoms with Crippen LogP contribution in [0, 0.1) is 0 Å². The molecule has 2 atom stereocenters. The number of rotatable bonds is 5. The van der Waals surface area contributed by atoms with Crippen LogP contribution in [-0.2, 0) is 6.42 Å². The molecular formula is C14H19N. The molecule has 0 spiro atoms. The number of nitrogens with one attached hydrogen (secondary N) is 1. The van der Waals surface area contributed by atoms with Crippen molar-refractivity contribution in [2.45, 2.75) is 31.7 Å². The van der Waals surface area contributed by atoms with Crippen molar-refractivity contribution in [2.24, 2.45) is 0 Å². The summed E-state index contributed by atoms with van der Waals surface area (Å²) in [7, 11) is 0. The Morgan fingerprint density at radius 2 is 2.33 bits per heavy atom. The molecule has 1 aliphatic carbocycles. The molecule has 1 heteroatoms. The van der Waals surface area contributed by atoms with Crippen LogP contribution in [0.4, 0.5) is 0 Å². The molecule has 1 aromatic carbocycles. The Kier molecular flexibility index (Phi) is 3.22. The second-order valence-electron chi connectivity index (χ2n) is 4.43. The zero-order valence-electron chi connectivity index (χ0n) is 9.37. The van der Waals surface area contributed by atoms with Crippen molar-refractivity contribution in [2.75, 3.05) is 6.54 Å². The number of fused-ring (bicyclic) bond motifs is 1. The lowest BCUT2D eigenvalue weighted by Gasteiger charge is -2.31. The summed E-state index contributed by atoms with van der Waals surface area (Å²) in [6.45, 7) is 7.08. The SMILES string of the molecule is C=CCC(C)NCC1Cc2ccccc21. The molecule has 1 N–H and O–H groups in total. The normalized spacial score (nSPS) is 20.2. The van der Waals surface area contributed by atoms with Gasteiger partial charge >= 0.3 is 0 Å². The van der Waals surface area contributed by atoms with Crippen molar-refractivity contribution in [3.63, 3.8) is 0 Å². The van der Waals surface area contributed by atoms with Gasteiger partial charge in [0, 0.05) is 18.5 Å². The first kappa shape index (κ1) is 10.4. The molecule has 0 amide bonds. The van der Waals surface area contributed by atoms with Gasteiger partial charge < -0.3 is 5.32 Å². The maximum Gasteiger partial charge on any atom is 0.00733 e. The molecule has 0 fully saturated rings. The van der Waals surface area contributed by atoms with E-state index >= 15 is 0 Å². The van der Waals surface area contributed by atoms with Crippen LogP contribution >= 0.6 is 0 Å². The molecule has 0 heterocycles. The van der Waals surface area contributed by atoms with Crippen molar-refractivity contribution >= 4 is 0 Å². The smallest absolute Gasteiger partial charge is 0.00733 e. The highest BCUT2D eigenvalue weighted by atomic mass is 14.9. The van der Waals surface area contributed by atoms with Crippen LogP contribution in [0.15, 0.2) is 36.9 Å². The average molecular weight is 201 g/mol. The maximum atomic E-state index is 3.76. The zero-order valence-corrected chi connectivity index (χ0v) is 9.37. The van der Waals surface area contributed by atoms with Crippen LogP contribution < -0.4 is 5.32 Å². The first-order valence-electron chi connectivity index (χ1n) is 5.73. The third-order valence-electron chi connectivity index (χ3n) is 3.19. The fourth-order valence-corrected chi connectivity index (χ4v) is 2.22. The van der Waals surface area contributed by atoms with Crippen LogP contribution in [0.25, 0.3) is 0 Å². The van der Waals surface area contributed by atoms with E-state index in [1.807, 2.05) is 6.08 Å². The van der Waals surface area contributed by atoms with Crippen LogP contribution in [0.2, 0.25) is 0 Å². The van der Waals surface area contributed by atoms with Gasteiger partial charge in [0.1, 0.15) is 0 Å². The summed E-state index contributed by atoms with van der Waals surface area (Å²) in [6, 6.07) is 9.30. The van der Waals surface area contributed by atoms with Crippen molar-refractivity contribution in [3.8, 4) is 0 Å². The van der Waals surface area contributed by atoms with Gasteiger partial charge in [0.25, 0.3) is 0 Å². The summed E-state index contributed by atoms with van der Waals surface area (Å²) in [5.74, 6) is 0.730. The summed E-state index contributed by atoms with van der Waals surface area (Å²) in [5.41, 5.74) is 3.07. The minimum atomic E-state index is 0.551. The van der Waals surface area contributed by atoms with Gasteiger partial charge in [0.2, 0.25) is 0 Å².